The Kier molecular flexibility index (Phi) is 6.37. The number of anilines is 1. The highest BCUT2D eigenvalue weighted by Gasteiger charge is 2.44. The SMILES string of the molecule is CCc1ccc(Cc2cc([C@@H]3O[C@H](CO)[C@@H](O)[C@H](O)[C@H]3O)c(C)cc2N)cc1. The van der Waals surface area contributed by atoms with E-state index in [1.54, 1.807) is 0 Å². The zero-order valence-corrected chi connectivity index (χ0v) is 16.2. The third kappa shape index (κ3) is 4.06. The topological polar surface area (TPSA) is 116 Å². The maximum Gasteiger partial charge on any atom is 0.113 e. The van der Waals surface area contributed by atoms with Crippen molar-refractivity contribution in [1.82, 2.24) is 0 Å². The molecular formula is C22H29NO5. The largest absolute Gasteiger partial charge is 0.398 e. The Morgan fingerprint density at radius 1 is 0.964 bits per heavy atom. The minimum atomic E-state index is -1.40. The van der Waals surface area contributed by atoms with E-state index >= 15 is 0 Å². The molecule has 2 aromatic carbocycles. The van der Waals surface area contributed by atoms with Crippen LogP contribution in [0.2, 0.25) is 0 Å². The van der Waals surface area contributed by atoms with Crippen LogP contribution in [-0.4, -0.2) is 51.4 Å². The molecule has 1 aliphatic rings. The van der Waals surface area contributed by atoms with Crippen molar-refractivity contribution in [1.29, 1.82) is 0 Å². The predicted octanol–water partition coefficient (Wildman–Crippen LogP) is 1.25. The Morgan fingerprint density at radius 2 is 1.61 bits per heavy atom. The fourth-order valence-corrected chi connectivity index (χ4v) is 3.73. The average Bonchev–Trinajstić information content (AvgIpc) is 2.69. The molecule has 0 spiro atoms. The van der Waals surface area contributed by atoms with Crippen molar-refractivity contribution in [3.63, 3.8) is 0 Å². The van der Waals surface area contributed by atoms with Gasteiger partial charge in [-0.15, -0.1) is 0 Å². The second-order valence-electron chi connectivity index (χ2n) is 7.50. The van der Waals surface area contributed by atoms with Gasteiger partial charge in [-0.3, -0.25) is 0 Å². The van der Waals surface area contributed by atoms with Gasteiger partial charge in [0.2, 0.25) is 0 Å². The van der Waals surface area contributed by atoms with E-state index in [0.717, 1.165) is 23.1 Å². The highest BCUT2D eigenvalue weighted by atomic mass is 16.5. The molecule has 3 rings (SSSR count). The Bertz CT molecular complexity index is 805. The Labute approximate surface area is 165 Å². The minimum absolute atomic E-state index is 0.452. The van der Waals surface area contributed by atoms with Gasteiger partial charge in [0.15, 0.2) is 0 Å². The van der Waals surface area contributed by atoms with E-state index in [4.69, 9.17) is 10.5 Å². The van der Waals surface area contributed by atoms with Crippen molar-refractivity contribution < 1.29 is 25.2 Å². The quantitative estimate of drug-likeness (QED) is 0.493. The molecule has 0 unspecified atom stereocenters. The van der Waals surface area contributed by atoms with Gasteiger partial charge in [-0.05, 0) is 53.6 Å². The van der Waals surface area contributed by atoms with E-state index < -0.39 is 37.1 Å². The number of hydrogen-bond donors (Lipinski definition) is 5. The lowest BCUT2D eigenvalue weighted by Crippen LogP contribution is -2.55. The standard InChI is InChI=1S/C22H29NO5/c1-3-13-4-6-14(7-5-13)9-15-10-16(12(2)8-17(15)23)22-21(27)20(26)19(25)18(11-24)28-22/h4-8,10,18-22,24-27H,3,9,11,23H2,1-2H3/t18-,19-,20+,21-,22+/m1/s1. The summed E-state index contributed by atoms with van der Waals surface area (Å²) in [6, 6.07) is 12.0. The van der Waals surface area contributed by atoms with E-state index in [2.05, 4.69) is 31.2 Å². The van der Waals surface area contributed by atoms with Crippen LogP contribution in [0.1, 0.15) is 40.8 Å². The lowest BCUT2D eigenvalue weighted by molar-refractivity contribution is -0.231. The highest BCUT2D eigenvalue weighted by Crippen LogP contribution is 2.36. The van der Waals surface area contributed by atoms with E-state index in [1.807, 2.05) is 19.1 Å². The molecule has 0 aliphatic carbocycles. The molecule has 0 amide bonds. The smallest absolute Gasteiger partial charge is 0.113 e. The Balaban J connectivity index is 1.92. The van der Waals surface area contributed by atoms with Gasteiger partial charge in [0.1, 0.15) is 30.5 Å². The van der Waals surface area contributed by atoms with Gasteiger partial charge in [0.05, 0.1) is 6.61 Å². The summed E-state index contributed by atoms with van der Waals surface area (Å²) in [5, 5.41) is 40.0. The van der Waals surface area contributed by atoms with Crippen LogP contribution in [0.3, 0.4) is 0 Å². The molecule has 6 N–H and O–H groups in total. The lowest BCUT2D eigenvalue weighted by atomic mass is 9.87. The van der Waals surface area contributed by atoms with Gasteiger partial charge in [-0.1, -0.05) is 37.3 Å². The van der Waals surface area contributed by atoms with E-state index in [0.29, 0.717) is 17.7 Å². The van der Waals surface area contributed by atoms with Crippen LogP contribution in [0.25, 0.3) is 0 Å². The summed E-state index contributed by atoms with van der Waals surface area (Å²) in [6.45, 7) is 3.51. The summed E-state index contributed by atoms with van der Waals surface area (Å²) in [7, 11) is 0. The van der Waals surface area contributed by atoms with Crippen LogP contribution in [-0.2, 0) is 17.6 Å². The zero-order chi connectivity index (χ0) is 20.4. The number of rotatable bonds is 5. The first kappa shape index (κ1) is 20.8. The fourth-order valence-electron chi connectivity index (χ4n) is 3.73. The van der Waals surface area contributed by atoms with Gasteiger partial charge < -0.3 is 30.9 Å². The number of nitrogens with two attached hydrogens (primary N) is 1. The molecule has 6 heteroatoms. The predicted molar refractivity (Wildman–Crippen MR) is 107 cm³/mol. The summed E-state index contributed by atoms with van der Waals surface area (Å²) >= 11 is 0. The van der Waals surface area contributed by atoms with Crippen molar-refractivity contribution in [2.45, 2.75) is 57.2 Å². The second-order valence-corrected chi connectivity index (χ2v) is 7.50. The Morgan fingerprint density at radius 3 is 2.21 bits per heavy atom. The molecule has 1 saturated heterocycles. The molecule has 1 aliphatic heterocycles. The third-order valence-corrected chi connectivity index (χ3v) is 5.55. The van der Waals surface area contributed by atoms with Gasteiger partial charge in [-0.25, -0.2) is 0 Å². The first-order valence-corrected chi connectivity index (χ1v) is 9.62. The molecule has 2 aromatic rings. The van der Waals surface area contributed by atoms with Crippen molar-refractivity contribution in [2.24, 2.45) is 0 Å². The highest BCUT2D eigenvalue weighted by molar-refractivity contribution is 5.54. The van der Waals surface area contributed by atoms with E-state index in [-0.39, 0.29) is 0 Å². The van der Waals surface area contributed by atoms with Gasteiger partial charge in [-0.2, -0.15) is 0 Å². The van der Waals surface area contributed by atoms with Crippen LogP contribution >= 0.6 is 0 Å². The van der Waals surface area contributed by atoms with Crippen LogP contribution in [0.4, 0.5) is 5.69 Å². The summed E-state index contributed by atoms with van der Waals surface area (Å²) in [4.78, 5) is 0. The van der Waals surface area contributed by atoms with Crippen LogP contribution in [0.5, 0.6) is 0 Å². The molecule has 28 heavy (non-hydrogen) atoms. The molecule has 0 bridgehead atoms. The van der Waals surface area contributed by atoms with Gasteiger partial charge in [0, 0.05) is 5.69 Å². The monoisotopic (exact) mass is 387 g/mol. The molecule has 6 nitrogen and oxygen atoms in total. The molecule has 5 atom stereocenters. The number of aliphatic hydroxyl groups is 4. The summed E-state index contributed by atoms with van der Waals surface area (Å²) in [5.74, 6) is 0. The van der Waals surface area contributed by atoms with Crippen molar-refractivity contribution in [2.75, 3.05) is 12.3 Å². The van der Waals surface area contributed by atoms with Crippen molar-refractivity contribution in [3.05, 3.63) is 64.2 Å². The number of nitrogen functional groups attached to an aromatic ring is 1. The third-order valence-electron chi connectivity index (χ3n) is 5.55. The lowest BCUT2D eigenvalue weighted by Gasteiger charge is -2.40. The normalized spacial score (nSPS) is 27.7. The molecule has 0 aromatic heterocycles. The number of aliphatic hydroxyl groups excluding tert-OH is 4. The Hall–Kier alpha value is -1.96. The van der Waals surface area contributed by atoms with Crippen LogP contribution in [0, 0.1) is 6.92 Å². The summed E-state index contributed by atoms with van der Waals surface area (Å²) < 4.78 is 5.72. The minimum Gasteiger partial charge on any atom is -0.398 e. The summed E-state index contributed by atoms with van der Waals surface area (Å²) in [6.07, 6.45) is -4.28. The molecule has 152 valence electrons. The molecule has 0 radical (unpaired) electrons. The number of aryl methyl sites for hydroxylation is 2. The van der Waals surface area contributed by atoms with Gasteiger partial charge in [0.25, 0.3) is 0 Å². The molecule has 1 fully saturated rings. The van der Waals surface area contributed by atoms with E-state index in [9.17, 15) is 20.4 Å². The number of ether oxygens (including phenoxy) is 1. The first-order chi connectivity index (χ1) is 13.3. The molecular weight excluding hydrogens is 358 g/mol. The summed E-state index contributed by atoms with van der Waals surface area (Å²) in [5.41, 5.74) is 11.6. The maximum absolute atomic E-state index is 10.5. The number of benzene rings is 2. The maximum atomic E-state index is 10.5. The zero-order valence-electron chi connectivity index (χ0n) is 16.2. The molecule has 1 heterocycles. The fraction of sp³-hybridized carbons (Fsp3) is 0.455. The van der Waals surface area contributed by atoms with Gasteiger partial charge >= 0.3 is 0 Å². The molecule has 0 saturated carbocycles. The van der Waals surface area contributed by atoms with E-state index in [1.165, 1.54) is 5.56 Å². The second kappa shape index (κ2) is 8.59. The van der Waals surface area contributed by atoms with Crippen LogP contribution < -0.4 is 5.73 Å². The first-order valence-electron chi connectivity index (χ1n) is 9.62. The van der Waals surface area contributed by atoms with Crippen molar-refractivity contribution in [3.8, 4) is 0 Å². The number of hydrogen-bond acceptors (Lipinski definition) is 6. The van der Waals surface area contributed by atoms with Crippen molar-refractivity contribution >= 4 is 5.69 Å². The van der Waals surface area contributed by atoms with Crippen LogP contribution in [0.15, 0.2) is 36.4 Å². The average molecular weight is 387 g/mol.